The number of nitrogens with two attached hydrogens (primary N) is 1. The van der Waals surface area contributed by atoms with Gasteiger partial charge in [-0.3, -0.25) is 0 Å². The van der Waals surface area contributed by atoms with Gasteiger partial charge in [0, 0.05) is 11.9 Å². The first-order chi connectivity index (χ1) is 6.65. The van der Waals surface area contributed by atoms with Gasteiger partial charge in [0.05, 0.1) is 12.6 Å². The van der Waals surface area contributed by atoms with E-state index in [4.69, 9.17) is 5.73 Å². The van der Waals surface area contributed by atoms with Gasteiger partial charge in [-0.1, -0.05) is 6.08 Å². The van der Waals surface area contributed by atoms with Crippen molar-refractivity contribution in [3.05, 3.63) is 35.7 Å². The second kappa shape index (κ2) is 3.42. The monoisotopic (exact) mass is 199 g/mol. The van der Waals surface area contributed by atoms with E-state index in [1.165, 1.54) is 5.01 Å². The van der Waals surface area contributed by atoms with E-state index in [1.54, 1.807) is 18.4 Å². The number of nitrogens with one attached hydrogen (secondary N) is 1. The summed E-state index contributed by atoms with van der Waals surface area (Å²) >= 11 is 0. The number of rotatable bonds is 2. The molecule has 1 heterocycles. The maximum Gasteiger partial charge on any atom is 0.257 e. The number of halogens is 2. The number of fused-ring (bicyclic) bond motifs is 1. The smallest absolute Gasteiger partial charge is 0.257 e. The first-order valence-corrected chi connectivity index (χ1v) is 4.33. The van der Waals surface area contributed by atoms with E-state index in [9.17, 15) is 8.78 Å². The van der Waals surface area contributed by atoms with Crippen LogP contribution in [-0.4, -0.2) is 24.0 Å². The van der Waals surface area contributed by atoms with Gasteiger partial charge in [-0.15, -0.1) is 0 Å². The topological polar surface area (TPSA) is 41.3 Å². The summed E-state index contributed by atoms with van der Waals surface area (Å²) in [5.41, 5.74) is 10.1. The number of allylic oxidation sites excluding steroid dienone is 1. The third-order valence-electron chi connectivity index (χ3n) is 2.12. The number of hydrazine groups is 1. The SMILES string of the molecule is NC1=CC2=CN(CC(F)F)NC2C=C1. The maximum atomic E-state index is 12.1. The Morgan fingerprint density at radius 1 is 1.57 bits per heavy atom. The molecule has 0 amide bonds. The summed E-state index contributed by atoms with van der Waals surface area (Å²) in [6.07, 6.45) is 4.72. The second-order valence-corrected chi connectivity index (χ2v) is 3.28. The van der Waals surface area contributed by atoms with Crippen molar-refractivity contribution in [1.82, 2.24) is 10.4 Å². The molecule has 3 N–H and O–H groups in total. The number of nitrogens with zero attached hydrogens (tertiary/aromatic N) is 1. The van der Waals surface area contributed by atoms with Crippen LogP contribution >= 0.6 is 0 Å². The van der Waals surface area contributed by atoms with Crippen molar-refractivity contribution in [2.75, 3.05) is 6.54 Å². The van der Waals surface area contributed by atoms with Crippen LogP contribution in [0.3, 0.4) is 0 Å². The Balaban J connectivity index is 2.08. The third-order valence-corrected chi connectivity index (χ3v) is 2.12. The Hall–Kier alpha value is -1.36. The zero-order valence-corrected chi connectivity index (χ0v) is 7.45. The molecule has 14 heavy (non-hydrogen) atoms. The molecule has 0 fully saturated rings. The van der Waals surface area contributed by atoms with E-state index in [0.717, 1.165) is 5.57 Å². The molecular formula is C9H11F2N3. The summed E-state index contributed by atoms with van der Waals surface area (Å²) < 4.78 is 24.1. The Bertz CT molecular complexity index is 320. The number of hydrogen-bond acceptors (Lipinski definition) is 3. The van der Waals surface area contributed by atoms with Gasteiger partial charge in [-0.2, -0.15) is 0 Å². The number of hydrogen-bond donors (Lipinski definition) is 2. The molecule has 2 aliphatic rings. The molecule has 1 unspecified atom stereocenters. The summed E-state index contributed by atoms with van der Waals surface area (Å²) in [7, 11) is 0. The van der Waals surface area contributed by atoms with Gasteiger partial charge in [0.15, 0.2) is 0 Å². The van der Waals surface area contributed by atoms with E-state index < -0.39 is 6.43 Å². The van der Waals surface area contributed by atoms with E-state index in [0.29, 0.717) is 5.70 Å². The molecule has 0 radical (unpaired) electrons. The predicted molar refractivity (Wildman–Crippen MR) is 49.1 cm³/mol. The van der Waals surface area contributed by atoms with Crippen LogP contribution in [0.1, 0.15) is 0 Å². The van der Waals surface area contributed by atoms with Crippen molar-refractivity contribution >= 4 is 0 Å². The molecule has 76 valence electrons. The van der Waals surface area contributed by atoms with Crippen LogP contribution in [0, 0.1) is 0 Å². The molecule has 0 saturated carbocycles. The van der Waals surface area contributed by atoms with Crippen LogP contribution in [0.4, 0.5) is 8.78 Å². The quantitative estimate of drug-likeness (QED) is 0.689. The molecule has 0 spiro atoms. The minimum atomic E-state index is -2.34. The molecule has 5 heteroatoms. The fraction of sp³-hybridized carbons (Fsp3) is 0.333. The Morgan fingerprint density at radius 2 is 2.36 bits per heavy atom. The molecular weight excluding hydrogens is 188 g/mol. The first-order valence-electron chi connectivity index (χ1n) is 4.33. The fourth-order valence-corrected chi connectivity index (χ4v) is 1.53. The van der Waals surface area contributed by atoms with Gasteiger partial charge >= 0.3 is 0 Å². The Labute approximate surface area is 80.5 Å². The molecule has 1 atom stereocenters. The van der Waals surface area contributed by atoms with Crippen LogP contribution < -0.4 is 11.2 Å². The molecule has 0 aromatic carbocycles. The molecule has 0 saturated heterocycles. The summed E-state index contributed by atoms with van der Waals surface area (Å²) in [5, 5.41) is 1.39. The van der Waals surface area contributed by atoms with Gasteiger partial charge < -0.3 is 10.7 Å². The second-order valence-electron chi connectivity index (χ2n) is 3.28. The van der Waals surface area contributed by atoms with Crippen LogP contribution in [0.15, 0.2) is 35.7 Å². The highest BCUT2D eigenvalue weighted by molar-refractivity contribution is 5.41. The van der Waals surface area contributed by atoms with Gasteiger partial charge in [0.25, 0.3) is 6.43 Å². The zero-order chi connectivity index (χ0) is 10.1. The third kappa shape index (κ3) is 1.77. The lowest BCUT2D eigenvalue weighted by Gasteiger charge is -2.18. The lowest BCUT2D eigenvalue weighted by atomic mass is 10.0. The van der Waals surface area contributed by atoms with Crippen molar-refractivity contribution in [2.45, 2.75) is 12.5 Å². The molecule has 0 aromatic rings. The molecule has 0 bridgehead atoms. The highest BCUT2D eigenvalue weighted by Crippen LogP contribution is 2.20. The summed E-state index contributed by atoms with van der Waals surface area (Å²) in [4.78, 5) is 0. The van der Waals surface area contributed by atoms with E-state index in [1.807, 2.05) is 6.08 Å². The largest absolute Gasteiger partial charge is 0.399 e. The van der Waals surface area contributed by atoms with Gasteiger partial charge in [0.2, 0.25) is 0 Å². The zero-order valence-electron chi connectivity index (χ0n) is 7.45. The lowest BCUT2D eigenvalue weighted by molar-refractivity contribution is 0.0923. The Kier molecular flexibility index (Phi) is 2.25. The normalized spacial score (nSPS) is 25.1. The lowest BCUT2D eigenvalue weighted by Crippen LogP contribution is -2.38. The molecule has 2 rings (SSSR count). The van der Waals surface area contributed by atoms with Gasteiger partial charge in [-0.05, 0) is 17.7 Å². The van der Waals surface area contributed by atoms with Gasteiger partial charge in [0.1, 0.15) is 0 Å². The van der Waals surface area contributed by atoms with E-state index >= 15 is 0 Å². The summed E-state index contributed by atoms with van der Waals surface area (Å²) in [6.45, 7) is -0.304. The predicted octanol–water partition coefficient (Wildman–Crippen LogP) is 0.737. The minimum absolute atomic E-state index is 0.0129. The highest BCUT2D eigenvalue weighted by atomic mass is 19.3. The van der Waals surface area contributed by atoms with Crippen molar-refractivity contribution in [3.8, 4) is 0 Å². The van der Waals surface area contributed by atoms with Crippen molar-refractivity contribution < 1.29 is 8.78 Å². The van der Waals surface area contributed by atoms with E-state index in [-0.39, 0.29) is 12.6 Å². The number of alkyl halides is 2. The molecule has 1 aliphatic carbocycles. The summed E-state index contributed by atoms with van der Waals surface area (Å²) in [6, 6.07) is -0.0129. The summed E-state index contributed by atoms with van der Waals surface area (Å²) in [5.74, 6) is 0. The van der Waals surface area contributed by atoms with Crippen molar-refractivity contribution in [3.63, 3.8) is 0 Å². The van der Waals surface area contributed by atoms with E-state index in [2.05, 4.69) is 5.43 Å². The Morgan fingerprint density at radius 3 is 3.07 bits per heavy atom. The molecule has 3 nitrogen and oxygen atoms in total. The standard InChI is InChI=1S/C9H11F2N3/c10-9(11)5-14-4-6-3-7(12)1-2-8(6)13-14/h1-4,8-9,13H,5,12H2. The van der Waals surface area contributed by atoms with Crippen LogP contribution in [0.5, 0.6) is 0 Å². The maximum absolute atomic E-state index is 12.1. The van der Waals surface area contributed by atoms with Crippen LogP contribution in [-0.2, 0) is 0 Å². The molecule has 1 aliphatic heterocycles. The van der Waals surface area contributed by atoms with Crippen LogP contribution in [0.25, 0.3) is 0 Å². The fourth-order valence-electron chi connectivity index (χ4n) is 1.53. The van der Waals surface area contributed by atoms with Crippen molar-refractivity contribution in [1.29, 1.82) is 0 Å². The minimum Gasteiger partial charge on any atom is -0.399 e. The average molecular weight is 199 g/mol. The molecule has 0 aromatic heterocycles. The van der Waals surface area contributed by atoms with Crippen LogP contribution in [0.2, 0.25) is 0 Å². The van der Waals surface area contributed by atoms with Gasteiger partial charge in [-0.25, -0.2) is 14.2 Å². The van der Waals surface area contributed by atoms with Crippen molar-refractivity contribution in [2.24, 2.45) is 5.73 Å². The average Bonchev–Trinajstić information content (AvgIpc) is 2.44. The highest BCUT2D eigenvalue weighted by Gasteiger charge is 2.23. The first kappa shape index (κ1) is 9.21.